The molecule has 7 nitrogen and oxygen atoms in total. The van der Waals surface area contributed by atoms with Gasteiger partial charge in [-0.15, -0.1) is 0 Å². The minimum absolute atomic E-state index is 0.104. The zero-order chi connectivity index (χ0) is 16.2. The van der Waals surface area contributed by atoms with Gasteiger partial charge >= 0.3 is 0 Å². The molecular formula is C16H21N5O2. The van der Waals surface area contributed by atoms with Crippen molar-refractivity contribution in [2.45, 2.75) is 12.5 Å². The van der Waals surface area contributed by atoms with E-state index in [1.54, 1.807) is 30.2 Å². The number of aromatic nitrogens is 3. The van der Waals surface area contributed by atoms with E-state index in [0.717, 1.165) is 12.1 Å². The van der Waals surface area contributed by atoms with Crippen molar-refractivity contribution in [2.24, 2.45) is 13.0 Å². The summed E-state index contributed by atoms with van der Waals surface area (Å²) in [6.07, 6.45) is 3.83. The molecule has 1 saturated heterocycles. The number of aliphatic hydroxyl groups is 1. The van der Waals surface area contributed by atoms with Crippen LogP contribution in [0.5, 0.6) is 0 Å². The predicted molar refractivity (Wildman–Crippen MR) is 85.7 cm³/mol. The fraction of sp³-hybridized carbons (Fsp3) is 0.438. The molecule has 1 aliphatic heterocycles. The first-order valence-electron chi connectivity index (χ1n) is 7.70. The molecule has 0 bridgehead atoms. The van der Waals surface area contributed by atoms with E-state index >= 15 is 0 Å². The lowest BCUT2D eigenvalue weighted by atomic mass is 10.00. The number of hydrogen-bond acceptors (Lipinski definition) is 5. The van der Waals surface area contributed by atoms with Gasteiger partial charge in [-0.25, -0.2) is 0 Å². The number of likely N-dealkylation sites (tertiary alicyclic amines) is 1. The van der Waals surface area contributed by atoms with Crippen molar-refractivity contribution in [3.05, 3.63) is 42.4 Å². The average molecular weight is 315 g/mol. The molecule has 2 aromatic rings. The Labute approximate surface area is 134 Å². The number of aliphatic hydroxyl groups excluding tert-OH is 1. The number of anilines is 1. The Morgan fingerprint density at radius 2 is 2.26 bits per heavy atom. The Morgan fingerprint density at radius 1 is 1.39 bits per heavy atom. The molecule has 0 aliphatic carbocycles. The molecule has 3 rings (SSSR count). The Balaban J connectivity index is 1.51. The van der Waals surface area contributed by atoms with E-state index in [0.29, 0.717) is 18.9 Å². The monoisotopic (exact) mass is 315 g/mol. The molecule has 0 saturated carbocycles. The van der Waals surface area contributed by atoms with Crippen LogP contribution in [0.1, 0.15) is 5.69 Å². The largest absolute Gasteiger partial charge is 0.391 e. The smallest absolute Gasteiger partial charge is 0.239 e. The molecule has 0 aromatic carbocycles. The minimum atomic E-state index is -0.431. The number of amides is 1. The molecular weight excluding hydrogens is 294 g/mol. The van der Waals surface area contributed by atoms with Gasteiger partial charge in [0, 0.05) is 50.2 Å². The molecule has 1 aliphatic rings. The fourth-order valence-corrected chi connectivity index (χ4v) is 2.93. The van der Waals surface area contributed by atoms with Crippen LogP contribution in [0.4, 0.5) is 5.82 Å². The van der Waals surface area contributed by atoms with Crippen LogP contribution in [-0.2, 0) is 18.3 Å². The maximum atomic E-state index is 12.1. The molecule has 2 unspecified atom stereocenters. The zero-order valence-electron chi connectivity index (χ0n) is 13.1. The molecule has 1 amide bonds. The zero-order valence-corrected chi connectivity index (χ0v) is 13.1. The van der Waals surface area contributed by atoms with Crippen LogP contribution in [-0.4, -0.2) is 56.4 Å². The Hall–Kier alpha value is -2.25. The maximum absolute atomic E-state index is 12.1. The van der Waals surface area contributed by atoms with E-state index in [1.807, 2.05) is 23.1 Å². The van der Waals surface area contributed by atoms with Crippen molar-refractivity contribution < 1.29 is 9.90 Å². The number of β-amino-alcohol motifs (C(OH)–C–C–N with tert-alkyl or cyclic N) is 1. The molecule has 23 heavy (non-hydrogen) atoms. The lowest BCUT2D eigenvalue weighted by Crippen LogP contribution is -2.32. The van der Waals surface area contributed by atoms with Gasteiger partial charge in [0.05, 0.1) is 12.6 Å². The molecule has 2 atom stereocenters. The summed E-state index contributed by atoms with van der Waals surface area (Å²) in [5.74, 6) is 0.532. The van der Waals surface area contributed by atoms with Crippen molar-refractivity contribution >= 4 is 11.7 Å². The molecule has 2 N–H and O–H groups in total. The lowest BCUT2D eigenvalue weighted by molar-refractivity contribution is -0.117. The SMILES string of the molecule is Cn1ccc(NC(=O)CN2CC(O)C(Cc3ccccn3)C2)n1. The van der Waals surface area contributed by atoms with Crippen molar-refractivity contribution in [3.63, 3.8) is 0 Å². The van der Waals surface area contributed by atoms with Gasteiger partial charge in [-0.05, 0) is 18.6 Å². The van der Waals surface area contributed by atoms with E-state index in [2.05, 4.69) is 15.4 Å². The van der Waals surface area contributed by atoms with Crippen LogP contribution in [0.15, 0.2) is 36.7 Å². The number of rotatable bonds is 5. The normalized spacial score (nSPS) is 21.5. The number of nitrogens with one attached hydrogen (secondary N) is 1. The van der Waals surface area contributed by atoms with Gasteiger partial charge in [-0.1, -0.05) is 6.07 Å². The highest BCUT2D eigenvalue weighted by atomic mass is 16.3. The summed E-state index contributed by atoms with van der Waals surface area (Å²) in [7, 11) is 1.80. The van der Waals surface area contributed by atoms with Crippen LogP contribution < -0.4 is 5.32 Å². The highest BCUT2D eigenvalue weighted by Crippen LogP contribution is 2.20. The average Bonchev–Trinajstić information content (AvgIpc) is 3.06. The van der Waals surface area contributed by atoms with Crippen LogP contribution in [0.2, 0.25) is 0 Å². The van der Waals surface area contributed by atoms with Crippen LogP contribution >= 0.6 is 0 Å². The highest BCUT2D eigenvalue weighted by Gasteiger charge is 2.32. The summed E-state index contributed by atoms with van der Waals surface area (Å²) >= 11 is 0. The van der Waals surface area contributed by atoms with E-state index in [1.165, 1.54) is 0 Å². The number of carbonyl (C=O) groups is 1. The highest BCUT2D eigenvalue weighted by molar-refractivity contribution is 5.91. The number of hydrogen-bond donors (Lipinski definition) is 2. The van der Waals surface area contributed by atoms with E-state index in [-0.39, 0.29) is 18.4 Å². The van der Waals surface area contributed by atoms with E-state index < -0.39 is 6.10 Å². The quantitative estimate of drug-likeness (QED) is 0.828. The first-order chi connectivity index (χ1) is 11.1. The first-order valence-corrected chi connectivity index (χ1v) is 7.70. The van der Waals surface area contributed by atoms with Gasteiger partial charge in [0.25, 0.3) is 0 Å². The molecule has 3 heterocycles. The summed E-state index contributed by atoms with van der Waals surface area (Å²) in [6.45, 7) is 1.45. The number of aryl methyl sites for hydroxylation is 1. The Morgan fingerprint density at radius 3 is 2.96 bits per heavy atom. The second kappa shape index (κ2) is 6.89. The summed E-state index contributed by atoms with van der Waals surface area (Å²) in [6, 6.07) is 7.54. The number of nitrogens with zero attached hydrogens (tertiary/aromatic N) is 4. The fourth-order valence-electron chi connectivity index (χ4n) is 2.93. The van der Waals surface area contributed by atoms with Gasteiger partial charge < -0.3 is 10.4 Å². The third kappa shape index (κ3) is 4.14. The minimum Gasteiger partial charge on any atom is -0.391 e. The molecule has 2 aromatic heterocycles. The molecule has 0 radical (unpaired) electrons. The third-order valence-corrected chi connectivity index (χ3v) is 4.03. The van der Waals surface area contributed by atoms with Crippen LogP contribution in [0, 0.1) is 5.92 Å². The number of pyridine rings is 1. The van der Waals surface area contributed by atoms with E-state index in [9.17, 15) is 9.90 Å². The van der Waals surface area contributed by atoms with Crippen molar-refractivity contribution in [1.82, 2.24) is 19.7 Å². The van der Waals surface area contributed by atoms with Gasteiger partial charge in [0.2, 0.25) is 5.91 Å². The molecule has 1 fully saturated rings. The second-order valence-corrected chi connectivity index (χ2v) is 5.97. The summed E-state index contributed by atoms with van der Waals surface area (Å²) in [5, 5.41) is 17.1. The molecule has 7 heteroatoms. The second-order valence-electron chi connectivity index (χ2n) is 5.97. The maximum Gasteiger partial charge on any atom is 0.239 e. The van der Waals surface area contributed by atoms with Gasteiger partial charge in [0.15, 0.2) is 5.82 Å². The van der Waals surface area contributed by atoms with Gasteiger partial charge in [-0.2, -0.15) is 5.10 Å². The predicted octanol–water partition coefficient (Wildman–Crippen LogP) is 0.289. The molecule has 0 spiro atoms. The van der Waals surface area contributed by atoms with Crippen molar-refractivity contribution in [1.29, 1.82) is 0 Å². The topological polar surface area (TPSA) is 83.3 Å². The summed E-state index contributed by atoms with van der Waals surface area (Å²) < 4.78 is 1.64. The lowest BCUT2D eigenvalue weighted by Gasteiger charge is -2.14. The van der Waals surface area contributed by atoms with Crippen molar-refractivity contribution in [2.75, 3.05) is 25.0 Å². The molecule has 122 valence electrons. The third-order valence-electron chi connectivity index (χ3n) is 4.03. The summed E-state index contributed by atoms with van der Waals surface area (Å²) in [5.41, 5.74) is 0.969. The van der Waals surface area contributed by atoms with Gasteiger partial charge in [-0.3, -0.25) is 19.4 Å². The number of carbonyl (C=O) groups excluding carboxylic acids is 1. The van der Waals surface area contributed by atoms with Crippen LogP contribution in [0.3, 0.4) is 0 Å². The van der Waals surface area contributed by atoms with Gasteiger partial charge in [0.1, 0.15) is 0 Å². The summed E-state index contributed by atoms with van der Waals surface area (Å²) in [4.78, 5) is 18.3. The standard InChI is InChI=1S/C16H21N5O2/c1-20-7-5-15(19-20)18-16(23)11-21-9-12(14(22)10-21)8-13-4-2-3-6-17-13/h2-7,12,14,22H,8-11H2,1H3,(H,18,19,23). The van der Waals surface area contributed by atoms with Crippen molar-refractivity contribution in [3.8, 4) is 0 Å². The first kappa shape index (κ1) is 15.6. The van der Waals surface area contributed by atoms with E-state index in [4.69, 9.17) is 0 Å². The Kier molecular flexibility index (Phi) is 4.68. The Bertz CT molecular complexity index is 658. The van der Waals surface area contributed by atoms with Crippen LogP contribution in [0.25, 0.3) is 0 Å².